The second-order valence-corrected chi connectivity index (χ2v) is 4.03. The van der Waals surface area contributed by atoms with Crippen LogP contribution < -0.4 is 5.48 Å². The van der Waals surface area contributed by atoms with Crippen molar-refractivity contribution < 1.29 is 24.3 Å². The number of carbonyl (C=O) groups excluding carboxylic acids is 1. The number of nitrogens with one attached hydrogen (secondary N) is 1. The first-order chi connectivity index (χ1) is 6.72. The molecule has 2 N–H and O–H groups in total. The zero-order valence-electron chi connectivity index (χ0n) is 9.36. The fraction of sp³-hybridized carbons (Fsp3) is 0.778. The third-order valence-electron chi connectivity index (χ3n) is 1.28. The van der Waals surface area contributed by atoms with Crippen molar-refractivity contribution in [3.8, 4) is 0 Å². The van der Waals surface area contributed by atoms with Crippen LogP contribution in [0.4, 0.5) is 0 Å². The van der Waals surface area contributed by atoms with Gasteiger partial charge in [0.15, 0.2) is 6.10 Å². The summed E-state index contributed by atoms with van der Waals surface area (Å²) < 4.78 is 4.74. The molecule has 0 rings (SSSR count). The molecule has 0 fully saturated rings. The molecule has 0 aliphatic heterocycles. The number of hydrogen-bond donors (Lipinski definition) is 2. The predicted octanol–water partition coefficient (Wildman–Crippen LogP) is 0.322. The van der Waals surface area contributed by atoms with Crippen molar-refractivity contribution >= 4 is 11.9 Å². The number of aliphatic carboxylic acids is 1. The van der Waals surface area contributed by atoms with Crippen molar-refractivity contribution in [3.63, 3.8) is 0 Å². The fourth-order valence-electron chi connectivity index (χ4n) is 0.511. The van der Waals surface area contributed by atoms with E-state index in [1.165, 1.54) is 6.92 Å². The molecule has 0 aliphatic rings. The molecule has 1 amide bonds. The fourth-order valence-corrected chi connectivity index (χ4v) is 0.511. The monoisotopic (exact) mass is 219 g/mol. The number of rotatable bonds is 5. The van der Waals surface area contributed by atoms with Gasteiger partial charge in [-0.1, -0.05) is 0 Å². The lowest BCUT2D eigenvalue weighted by molar-refractivity contribution is -0.158. The van der Waals surface area contributed by atoms with Crippen molar-refractivity contribution in [1.82, 2.24) is 5.48 Å². The number of carboxylic acids is 1. The van der Waals surface area contributed by atoms with Gasteiger partial charge in [-0.25, -0.2) is 10.3 Å². The quantitative estimate of drug-likeness (QED) is 0.650. The zero-order valence-corrected chi connectivity index (χ0v) is 9.36. The Morgan fingerprint density at radius 1 is 1.40 bits per heavy atom. The maximum absolute atomic E-state index is 11.1. The highest BCUT2D eigenvalue weighted by atomic mass is 16.7. The van der Waals surface area contributed by atoms with Crippen LogP contribution >= 0.6 is 0 Å². The minimum atomic E-state index is -1.11. The average Bonchev–Trinajstić information content (AvgIpc) is 2.09. The number of carboxylic acid groups (broad SMARTS) is 1. The number of hydrogen-bond acceptors (Lipinski definition) is 4. The largest absolute Gasteiger partial charge is 0.479 e. The summed E-state index contributed by atoms with van der Waals surface area (Å²) in [6, 6.07) is 0. The molecule has 0 heterocycles. The van der Waals surface area contributed by atoms with Crippen molar-refractivity contribution in [2.45, 2.75) is 39.4 Å². The maximum atomic E-state index is 11.1. The molecule has 6 heteroatoms. The van der Waals surface area contributed by atoms with E-state index in [1.807, 2.05) is 0 Å². The Kier molecular flexibility index (Phi) is 5.24. The van der Waals surface area contributed by atoms with Gasteiger partial charge in [-0.15, -0.1) is 0 Å². The van der Waals surface area contributed by atoms with Crippen LogP contribution in [0.15, 0.2) is 0 Å². The molecular formula is C9H17NO5. The van der Waals surface area contributed by atoms with Gasteiger partial charge in [0.1, 0.15) is 6.61 Å². The molecule has 0 bridgehead atoms. The zero-order chi connectivity index (χ0) is 12.1. The Balaban J connectivity index is 3.72. The summed E-state index contributed by atoms with van der Waals surface area (Å²) in [5.74, 6) is -1.63. The van der Waals surface area contributed by atoms with Crippen molar-refractivity contribution in [1.29, 1.82) is 0 Å². The van der Waals surface area contributed by atoms with Crippen LogP contribution in [0.5, 0.6) is 0 Å². The van der Waals surface area contributed by atoms with E-state index in [1.54, 1.807) is 20.8 Å². The van der Waals surface area contributed by atoms with Gasteiger partial charge in [-0.05, 0) is 27.7 Å². The lowest BCUT2D eigenvalue weighted by atomic mass is 10.2. The Bertz CT molecular complexity index is 233. The standard InChI is InChI=1S/C9H17NO5/c1-6(8(12)13)14-5-7(11)10-15-9(2,3)4/h6H,5H2,1-4H3,(H,10,11)(H,12,13). The van der Waals surface area contributed by atoms with Gasteiger partial charge in [-0.3, -0.25) is 9.63 Å². The minimum absolute atomic E-state index is 0.344. The first kappa shape index (κ1) is 13.9. The second-order valence-electron chi connectivity index (χ2n) is 4.03. The van der Waals surface area contributed by atoms with Crippen molar-refractivity contribution in [3.05, 3.63) is 0 Å². The highest BCUT2D eigenvalue weighted by molar-refractivity contribution is 5.77. The lowest BCUT2D eigenvalue weighted by Crippen LogP contribution is -2.37. The molecule has 0 aromatic heterocycles. The van der Waals surface area contributed by atoms with Crippen molar-refractivity contribution in [2.75, 3.05) is 6.61 Å². The lowest BCUT2D eigenvalue weighted by Gasteiger charge is -2.19. The molecule has 1 unspecified atom stereocenters. The van der Waals surface area contributed by atoms with E-state index in [0.717, 1.165) is 0 Å². The Labute approximate surface area is 88.5 Å². The van der Waals surface area contributed by atoms with Crippen LogP contribution in [-0.4, -0.2) is 35.3 Å². The van der Waals surface area contributed by atoms with E-state index >= 15 is 0 Å². The van der Waals surface area contributed by atoms with Gasteiger partial charge in [0.25, 0.3) is 5.91 Å². The highest BCUT2D eigenvalue weighted by Gasteiger charge is 2.15. The van der Waals surface area contributed by atoms with E-state index in [0.29, 0.717) is 0 Å². The molecule has 0 saturated heterocycles. The van der Waals surface area contributed by atoms with Crippen LogP contribution in [0.3, 0.4) is 0 Å². The number of hydroxylamine groups is 1. The molecule has 0 aliphatic carbocycles. The normalized spacial score (nSPS) is 13.3. The van der Waals surface area contributed by atoms with Gasteiger partial charge < -0.3 is 9.84 Å². The molecule has 1 atom stereocenters. The van der Waals surface area contributed by atoms with E-state index in [4.69, 9.17) is 14.7 Å². The first-order valence-electron chi connectivity index (χ1n) is 4.53. The van der Waals surface area contributed by atoms with Gasteiger partial charge in [0.2, 0.25) is 0 Å². The van der Waals surface area contributed by atoms with E-state index in [9.17, 15) is 9.59 Å². The third-order valence-corrected chi connectivity index (χ3v) is 1.28. The summed E-state index contributed by atoms with van der Waals surface area (Å²) in [7, 11) is 0. The molecule has 88 valence electrons. The molecule has 0 radical (unpaired) electrons. The van der Waals surface area contributed by atoms with Crippen LogP contribution in [0.1, 0.15) is 27.7 Å². The maximum Gasteiger partial charge on any atom is 0.332 e. The molecular weight excluding hydrogens is 202 g/mol. The molecule has 0 saturated carbocycles. The van der Waals surface area contributed by atoms with Crippen LogP contribution in [0.2, 0.25) is 0 Å². The topological polar surface area (TPSA) is 84.9 Å². The Hall–Kier alpha value is -1.14. The van der Waals surface area contributed by atoms with Crippen LogP contribution in [0, 0.1) is 0 Å². The van der Waals surface area contributed by atoms with Gasteiger partial charge in [0.05, 0.1) is 5.60 Å². The molecule has 6 nitrogen and oxygen atoms in total. The predicted molar refractivity (Wildman–Crippen MR) is 52.0 cm³/mol. The summed E-state index contributed by atoms with van der Waals surface area (Å²) in [6.07, 6.45) is -1.01. The first-order valence-corrected chi connectivity index (χ1v) is 4.53. The Morgan fingerprint density at radius 3 is 2.33 bits per heavy atom. The Morgan fingerprint density at radius 2 is 1.93 bits per heavy atom. The summed E-state index contributed by atoms with van der Waals surface area (Å²) in [6.45, 7) is 6.32. The molecule has 0 spiro atoms. The van der Waals surface area contributed by atoms with E-state index in [-0.39, 0.29) is 6.61 Å². The van der Waals surface area contributed by atoms with Crippen LogP contribution in [-0.2, 0) is 19.2 Å². The van der Waals surface area contributed by atoms with Gasteiger partial charge in [0, 0.05) is 0 Å². The van der Waals surface area contributed by atoms with E-state index < -0.39 is 23.6 Å². The molecule has 0 aromatic rings. The smallest absolute Gasteiger partial charge is 0.332 e. The number of amides is 1. The average molecular weight is 219 g/mol. The van der Waals surface area contributed by atoms with E-state index in [2.05, 4.69) is 5.48 Å². The molecule has 15 heavy (non-hydrogen) atoms. The van der Waals surface area contributed by atoms with Gasteiger partial charge >= 0.3 is 5.97 Å². The highest BCUT2D eigenvalue weighted by Crippen LogP contribution is 2.03. The summed E-state index contributed by atoms with van der Waals surface area (Å²) in [5, 5.41) is 8.47. The second kappa shape index (κ2) is 5.67. The van der Waals surface area contributed by atoms with Crippen molar-refractivity contribution in [2.24, 2.45) is 0 Å². The SMILES string of the molecule is CC(OCC(=O)NOC(C)(C)C)C(=O)O. The van der Waals surface area contributed by atoms with Crippen LogP contribution in [0.25, 0.3) is 0 Å². The number of ether oxygens (including phenoxy) is 1. The minimum Gasteiger partial charge on any atom is -0.479 e. The number of carbonyl (C=O) groups is 2. The van der Waals surface area contributed by atoms with Gasteiger partial charge in [-0.2, -0.15) is 0 Å². The summed E-state index contributed by atoms with van der Waals surface area (Å²) in [5.41, 5.74) is 1.67. The molecule has 0 aromatic carbocycles. The summed E-state index contributed by atoms with van der Waals surface area (Å²) in [4.78, 5) is 26.4. The third kappa shape index (κ3) is 7.90. The summed E-state index contributed by atoms with van der Waals surface area (Å²) >= 11 is 0.